The Kier molecular flexibility index (Phi) is 8.52. The van der Waals surface area contributed by atoms with E-state index in [9.17, 15) is 4.79 Å². The molecule has 2 bridgehead atoms. The first-order chi connectivity index (χ1) is 12.2. The standard InChI is InChI=1S/C20H30N2O3.ClH/c1-2-24-19-7-4-3-6-18(19)21-20(23)25-13-5-12-22-14-16-8-9-17(15-22)11-10-16;/h3-4,6-7,16-17H,2,5,8-15H2,1H3,(H,21,23);1H. The van der Waals surface area contributed by atoms with E-state index in [0.717, 1.165) is 24.8 Å². The zero-order chi connectivity index (χ0) is 17.5. The number of halogens is 1. The molecule has 2 aliphatic heterocycles. The van der Waals surface area contributed by atoms with Crippen molar-refractivity contribution in [2.45, 2.75) is 39.0 Å². The Balaban J connectivity index is 0.00000243. The van der Waals surface area contributed by atoms with E-state index in [1.165, 1.54) is 38.8 Å². The van der Waals surface area contributed by atoms with Gasteiger partial charge in [0.2, 0.25) is 0 Å². The van der Waals surface area contributed by atoms with Crippen LogP contribution in [0.25, 0.3) is 0 Å². The molecule has 1 saturated carbocycles. The van der Waals surface area contributed by atoms with Crippen LogP contribution in [0.2, 0.25) is 0 Å². The first-order valence-electron chi connectivity index (χ1n) is 9.62. The smallest absolute Gasteiger partial charge is 0.411 e. The highest BCUT2D eigenvalue weighted by atomic mass is 35.5. The molecule has 1 N–H and O–H groups in total. The van der Waals surface area contributed by atoms with Gasteiger partial charge in [-0.25, -0.2) is 4.79 Å². The molecule has 0 radical (unpaired) electrons. The van der Waals surface area contributed by atoms with Gasteiger partial charge < -0.3 is 14.4 Å². The quantitative estimate of drug-likeness (QED) is 0.702. The second kappa shape index (κ2) is 10.6. The minimum atomic E-state index is -0.414. The number of amides is 1. The average Bonchev–Trinajstić information content (AvgIpc) is 2.93. The number of fused-ring (bicyclic) bond motifs is 4. The van der Waals surface area contributed by atoms with E-state index in [0.29, 0.717) is 24.7 Å². The molecule has 3 fully saturated rings. The van der Waals surface area contributed by atoms with Crippen molar-refractivity contribution in [1.82, 2.24) is 4.90 Å². The fraction of sp³-hybridized carbons (Fsp3) is 0.650. The number of ether oxygens (including phenoxy) is 2. The molecule has 0 spiro atoms. The van der Waals surface area contributed by atoms with Crippen molar-refractivity contribution in [3.63, 3.8) is 0 Å². The molecule has 1 amide bonds. The monoisotopic (exact) mass is 382 g/mol. The fourth-order valence-electron chi connectivity index (χ4n) is 4.03. The lowest BCUT2D eigenvalue weighted by Gasteiger charge is -2.22. The summed E-state index contributed by atoms with van der Waals surface area (Å²) in [5.74, 6) is 2.44. The summed E-state index contributed by atoms with van der Waals surface area (Å²) in [6.45, 7) is 6.41. The number of rotatable bonds is 7. The lowest BCUT2D eigenvalue weighted by molar-refractivity contribution is 0.150. The molecular formula is C20H31ClN2O3. The fourth-order valence-corrected chi connectivity index (χ4v) is 4.03. The van der Waals surface area contributed by atoms with Crippen LogP contribution in [0.3, 0.4) is 0 Å². The summed E-state index contributed by atoms with van der Waals surface area (Å²) in [4.78, 5) is 14.6. The van der Waals surface area contributed by atoms with Crippen LogP contribution in [-0.4, -0.2) is 43.8 Å². The Morgan fingerprint density at radius 2 is 1.81 bits per heavy atom. The molecular weight excluding hydrogens is 352 g/mol. The third-order valence-electron chi connectivity index (χ3n) is 5.27. The van der Waals surface area contributed by atoms with Crippen molar-refractivity contribution in [3.8, 4) is 5.75 Å². The molecule has 146 valence electrons. The third-order valence-corrected chi connectivity index (χ3v) is 5.27. The lowest BCUT2D eigenvalue weighted by Crippen LogP contribution is -2.30. The Bertz CT molecular complexity index is 548. The predicted molar refractivity (Wildman–Crippen MR) is 106 cm³/mol. The van der Waals surface area contributed by atoms with Gasteiger partial charge in [0.25, 0.3) is 0 Å². The summed E-state index contributed by atoms with van der Waals surface area (Å²) in [6, 6.07) is 7.41. The van der Waals surface area contributed by atoms with Gasteiger partial charge in [0.1, 0.15) is 5.75 Å². The van der Waals surface area contributed by atoms with E-state index in [2.05, 4.69) is 10.2 Å². The number of nitrogens with one attached hydrogen (secondary N) is 1. The highest BCUT2D eigenvalue weighted by molar-refractivity contribution is 5.86. The van der Waals surface area contributed by atoms with Gasteiger partial charge in [0.05, 0.1) is 18.9 Å². The van der Waals surface area contributed by atoms with Crippen molar-refractivity contribution in [2.24, 2.45) is 11.8 Å². The van der Waals surface area contributed by atoms with Crippen LogP contribution >= 0.6 is 12.4 Å². The highest BCUT2D eigenvalue weighted by Crippen LogP contribution is 2.33. The summed E-state index contributed by atoms with van der Waals surface area (Å²) >= 11 is 0. The summed E-state index contributed by atoms with van der Waals surface area (Å²) in [5, 5.41) is 2.77. The molecule has 0 aromatic heterocycles. The van der Waals surface area contributed by atoms with Crippen LogP contribution in [-0.2, 0) is 4.74 Å². The van der Waals surface area contributed by atoms with E-state index in [4.69, 9.17) is 9.47 Å². The molecule has 0 unspecified atom stereocenters. The molecule has 1 aliphatic carbocycles. The van der Waals surface area contributed by atoms with E-state index in [1.807, 2.05) is 31.2 Å². The molecule has 3 aliphatic rings. The minimum Gasteiger partial charge on any atom is -0.492 e. The number of carbonyl (C=O) groups is 1. The first-order valence-corrected chi connectivity index (χ1v) is 9.62. The number of hydrogen-bond acceptors (Lipinski definition) is 4. The molecule has 5 nitrogen and oxygen atoms in total. The molecule has 2 saturated heterocycles. The molecule has 0 atom stereocenters. The second-order valence-electron chi connectivity index (χ2n) is 7.19. The van der Waals surface area contributed by atoms with Crippen LogP contribution in [0.5, 0.6) is 5.75 Å². The number of hydrogen-bond donors (Lipinski definition) is 1. The van der Waals surface area contributed by atoms with Crippen LogP contribution in [0.1, 0.15) is 39.0 Å². The minimum absolute atomic E-state index is 0. The molecule has 1 aromatic carbocycles. The van der Waals surface area contributed by atoms with Crippen LogP contribution in [0.15, 0.2) is 24.3 Å². The maximum atomic E-state index is 12.0. The number of carbonyl (C=O) groups excluding carboxylic acids is 1. The number of para-hydroxylation sites is 2. The third kappa shape index (κ3) is 6.06. The van der Waals surface area contributed by atoms with Crippen LogP contribution < -0.4 is 10.1 Å². The van der Waals surface area contributed by atoms with E-state index < -0.39 is 6.09 Å². The molecule has 4 rings (SSSR count). The summed E-state index contributed by atoms with van der Waals surface area (Å²) in [6.07, 6.45) is 6.08. The Morgan fingerprint density at radius 1 is 1.15 bits per heavy atom. The van der Waals surface area contributed by atoms with Gasteiger partial charge in [-0.2, -0.15) is 0 Å². The molecule has 1 aromatic rings. The number of anilines is 1. The van der Waals surface area contributed by atoms with E-state index in [-0.39, 0.29) is 12.4 Å². The van der Waals surface area contributed by atoms with Gasteiger partial charge in [-0.3, -0.25) is 5.32 Å². The Labute approximate surface area is 162 Å². The van der Waals surface area contributed by atoms with Crippen LogP contribution in [0, 0.1) is 11.8 Å². The van der Waals surface area contributed by atoms with Crippen molar-refractivity contribution in [1.29, 1.82) is 0 Å². The van der Waals surface area contributed by atoms with Crippen LogP contribution in [0.4, 0.5) is 10.5 Å². The van der Waals surface area contributed by atoms with E-state index >= 15 is 0 Å². The Hall–Kier alpha value is -1.46. The highest BCUT2D eigenvalue weighted by Gasteiger charge is 2.28. The van der Waals surface area contributed by atoms with Crippen molar-refractivity contribution >= 4 is 24.2 Å². The summed E-state index contributed by atoms with van der Waals surface area (Å²) < 4.78 is 10.8. The van der Waals surface area contributed by atoms with Gasteiger partial charge in [-0.15, -0.1) is 12.4 Å². The van der Waals surface area contributed by atoms with Gasteiger partial charge in [0, 0.05) is 19.6 Å². The molecule has 26 heavy (non-hydrogen) atoms. The van der Waals surface area contributed by atoms with Gasteiger partial charge in [-0.05, 0) is 63.0 Å². The predicted octanol–water partition coefficient (Wildman–Crippen LogP) is 4.57. The SMILES string of the molecule is CCOc1ccccc1NC(=O)OCCCN1CC2CCC(CC2)C1.Cl. The van der Waals surface area contributed by atoms with Crippen molar-refractivity contribution < 1.29 is 14.3 Å². The Morgan fingerprint density at radius 3 is 2.46 bits per heavy atom. The number of benzene rings is 1. The largest absolute Gasteiger partial charge is 0.492 e. The summed E-state index contributed by atoms with van der Waals surface area (Å²) in [7, 11) is 0. The van der Waals surface area contributed by atoms with Crippen molar-refractivity contribution in [2.75, 3.05) is 38.2 Å². The normalized spacial score (nSPS) is 22.2. The van der Waals surface area contributed by atoms with Gasteiger partial charge in [0.15, 0.2) is 0 Å². The van der Waals surface area contributed by atoms with E-state index in [1.54, 1.807) is 0 Å². The maximum absolute atomic E-state index is 12.0. The summed E-state index contributed by atoms with van der Waals surface area (Å²) in [5.41, 5.74) is 0.651. The van der Waals surface area contributed by atoms with Gasteiger partial charge >= 0.3 is 6.09 Å². The lowest BCUT2D eigenvalue weighted by atomic mass is 9.84. The zero-order valence-corrected chi connectivity index (χ0v) is 16.4. The topological polar surface area (TPSA) is 50.8 Å². The maximum Gasteiger partial charge on any atom is 0.411 e. The van der Waals surface area contributed by atoms with Crippen molar-refractivity contribution in [3.05, 3.63) is 24.3 Å². The zero-order valence-electron chi connectivity index (χ0n) is 15.6. The average molecular weight is 383 g/mol. The number of nitrogens with zero attached hydrogens (tertiary/aromatic N) is 1. The second-order valence-corrected chi connectivity index (χ2v) is 7.19. The molecule has 6 heteroatoms. The molecule has 2 heterocycles. The first kappa shape index (κ1) is 20.8. The van der Waals surface area contributed by atoms with Gasteiger partial charge in [-0.1, -0.05) is 12.1 Å².